The number of benzene rings is 1. The number of fused-ring (bicyclic) bond motifs is 1. The van der Waals surface area contributed by atoms with E-state index in [1.807, 2.05) is 29.2 Å². The average molecular weight is 458 g/mol. The van der Waals surface area contributed by atoms with E-state index in [9.17, 15) is 4.79 Å². The number of likely N-dealkylation sites (tertiary alicyclic amines) is 1. The van der Waals surface area contributed by atoms with Crippen LogP contribution in [0.1, 0.15) is 26.2 Å². The lowest BCUT2D eigenvalue weighted by Crippen LogP contribution is -2.40. The number of halogens is 1. The van der Waals surface area contributed by atoms with E-state index in [1.165, 1.54) is 12.8 Å². The first kappa shape index (κ1) is 19.8. The van der Waals surface area contributed by atoms with E-state index in [0.717, 1.165) is 43.5 Å². The minimum atomic E-state index is 0. The molecule has 0 aromatic heterocycles. The van der Waals surface area contributed by atoms with Gasteiger partial charge in [0, 0.05) is 32.7 Å². The summed E-state index contributed by atoms with van der Waals surface area (Å²) in [5.74, 6) is 1.80. The zero-order valence-electron chi connectivity index (χ0n) is 14.7. The van der Waals surface area contributed by atoms with Crippen molar-refractivity contribution in [2.75, 3.05) is 44.2 Å². The molecule has 1 aromatic rings. The predicted octanol–water partition coefficient (Wildman–Crippen LogP) is 2.48. The number of amides is 1. The summed E-state index contributed by atoms with van der Waals surface area (Å²) in [7, 11) is 0. The minimum Gasteiger partial charge on any atom is -0.482 e. The summed E-state index contributed by atoms with van der Waals surface area (Å²) in [5.41, 5.74) is 0.865. The van der Waals surface area contributed by atoms with Crippen molar-refractivity contribution in [1.82, 2.24) is 10.2 Å². The molecule has 2 heterocycles. The molecular formula is C18H27IN4O2. The fourth-order valence-electron chi connectivity index (χ4n) is 3.17. The molecule has 1 N–H and O–H groups in total. The largest absolute Gasteiger partial charge is 0.482 e. The molecule has 7 heteroatoms. The Morgan fingerprint density at radius 1 is 1.28 bits per heavy atom. The summed E-state index contributed by atoms with van der Waals surface area (Å²) in [6, 6.07) is 7.70. The lowest BCUT2D eigenvalue weighted by atomic mass is 10.2. The summed E-state index contributed by atoms with van der Waals surface area (Å²) in [4.78, 5) is 21.0. The number of ether oxygens (including phenoxy) is 1. The van der Waals surface area contributed by atoms with E-state index in [4.69, 9.17) is 9.73 Å². The fraction of sp³-hybridized carbons (Fsp3) is 0.556. The number of rotatable bonds is 5. The molecule has 0 spiro atoms. The molecule has 1 saturated heterocycles. The zero-order valence-corrected chi connectivity index (χ0v) is 17.1. The predicted molar refractivity (Wildman–Crippen MR) is 111 cm³/mol. The van der Waals surface area contributed by atoms with Crippen LogP contribution in [0.3, 0.4) is 0 Å². The molecule has 0 radical (unpaired) electrons. The van der Waals surface area contributed by atoms with Crippen LogP contribution in [0.25, 0.3) is 0 Å². The number of para-hydroxylation sites is 2. The second kappa shape index (κ2) is 9.84. The third-order valence-electron chi connectivity index (χ3n) is 4.35. The summed E-state index contributed by atoms with van der Waals surface area (Å²) < 4.78 is 5.47. The smallest absolute Gasteiger partial charge is 0.265 e. The highest BCUT2D eigenvalue weighted by Crippen LogP contribution is 2.31. The van der Waals surface area contributed by atoms with E-state index in [1.54, 1.807) is 0 Å². The van der Waals surface area contributed by atoms with Crippen molar-refractivity contribution in [3.05, 3.63) is 24.3 Å². The lowest BCUT2D eigenvalue weighted by Gasteiger charge is -2.29. The number of guanidine groups is 1. The highest BCUT2D eigenvalue weighted by atomic mass is 127. The van der Waals surface area contributed by atoms with Crippen molar-refractivity contribution in [2.24, 2.45) is 4.99 Å². The molecule has 1 aromatic carbocycles. The third kappa shape index (κ3) is 4.99. The van der Waals surface area contributed by atoms with Crippen LogP contribution in [-0.4, -0.2) is 56.1 Å². The van der Waals surface area contributed by atoms with Crippen molar-refractivity contribution < 1.29 is 9.53 Å². The summed E-state index contributed by atoms with van der Waals surface area (Å²) in [6.45, 7) is 6.65. The summed E-state index contributed by atoms with van der Waals surface area (Å²) >= 11 is 0. The van der Waals surface area contributed by atoms with Crippen LogP contribution in [0.15, 0.2) is 29.3 Å². The van der Waals surface area contributed by atoms with E-state index in [0.29, 0.717) is 13.1 Å². The Balaban J connectivity index is 0.00000225. The molecule has 3 rings (SSSR count). The number of nitrogens with zero attached hydrogens (tertiary/aromatic N) is 3. The number of anilines is 1. The topological polar surface area (TPSA) is 57.2 Å². The van der Waals surface area contributed by atoms with Gasteiger partial charge in [-0.05, 0) is 38.3 Å². The van der Waals surface area contributed by atoms with E-state index < -0.39 is 0 Å². The van der Waals surface area contributed by atoms with Crippen LogP contribution in [0.5, 0.6) is 5.75 Å². The van der Waals surface area contributed by atoms with E-state index in [2.05, 4.69) is 17.1 Å². The first-order chi connectivity index (χ1) is 11.8. The van der Waals surface area contributed by atoms with E-state index in [-0.39, 0.29) is 36.5 Å². The Kier molecular flexibility index (Phi) is 7.80. The maximum absolute atomic E-state index is 12.1. The van der Waals surface area contributed by atoms with Gasteiger partial charge in [0.15, 0.2) is 12.6 Å². The van der Waals surface area contributed by atoms with Gasteiger partial charge < -0.3 is 19.9 Å². The monoisotopic (exact) mass is 458 g/mol. The van der Waals surface area contributed by atoms with Gasteiger partial charge in [0.05, 0.1) is 5.69 Å². The standard InChI is InChI=1S/C18H26N4O2.HI/c1-2-19-18(21-11-5-6-12-21)20-10-7-13-22-15-8-3-4-9-16(15)24-14-17(22)23;/h3-4,8-9H,2,5-7,10-14H2,1H3,(H,19,20);1H. The molecule has 0 unspecified atom stereocenters. The highest BCUT2D eigenvalue weighted by Gasteiger charge is 2.24. The molecule has 1 fully saturated rings. The van der Waals surface area contributed by atoms with Crippen LogP contribution < -0.4 is 15.0 Å². The Morgan fingerprint density at radius 3 is 2.80 bits per heavy atom. The Bertz CT molecular complexity index is 602. The quantitative estimate of drug-likeness (QED) is 0.319. The van der Waals surface area contributed by atoms with Crippen LogP contribution in [0.2, 0.25) is 0 Å². The first-order valence-electron chi connectivity index (χ1n) is 8.85. The normalized spacial score (nSPS) is 17.0. The number of nitrogens with one attached hydrogen (secondary N) is 1. The average Bonchev–Trinajstić information content (AvgIpc) is 3.13. The van der Waals surface area contributed by atoms with E-state index >= 15 is 0 Å². The molecule has 0 atom stereocenters. The fourth-order valence-corrected chi connectivity index (χ4v) is 3.17. The van der Waals surface area contributed by atoms with Gasteiger partial charge in [-0.1, -0.05) is 12.1 Å². The second-order valence-corrected chi connectivity index (χ2v) is 6.09. The van der Waals surface area contributed by atoms with Crippen molar-refractivity contribution in [2.45, 2.75) is 26.2 Å². The third-order valence-corrected chi connectivity index (χ3v) is 4.35. The molecule has 1 amide bonds. The molecule has 0 saturated carbocycles. The van der Waals surface area contributed by atoms with Crippen LogP contribution in [0, 0.1) is 0 Å². The van der Waals surface area contributed by atoms with Crippen LogP contribution in [0.4, 0.5) is 5.69 Å². The van der Waals surface area contributed by atoms with Gasteiger partial charge in [-0.3, -0.25) is 9.79 Å². The van der Waals surface area contributed by atoms with Gasteiger partial charge in [0.2, 0.25) is 0 Å². The molecule has 2 aliphatic rings. The number of aliphatic imine (C=N–C) groups is 1. The van der Waals surface area contributed by atoms with Gasteiger partial charge in [-0.25, -0.2) is 0 Å². The zero-order chi connectivity index (χ0) is 16.8. The number of carbonyl (C=O) groups is 1. The van der Waals surface area contributed by atoms with Gasteiger partial charge >= 0.3 is 0 Å². The van der Waals surface area contributed by atoms with Crippen molar-refractivity contribution >= 4 is 41.5 Å². The second-order valence-electron chi connectivity index (χ2n) is 6.09. The molecule has 138 valence electrons. The van der Waals surface area contributed by atoms with Crippen molar-refractivity contribution in [3.63, 3.8) is 0 Å². The number of hydrogen-bond acceptors (Lipinski definition) is 3. The maximum atomic E-state index is 12.1. The Morgan fingerprint density at radius 2 is 2.04 bits per heavy atom. The first-order valence-corrected chi connectivity index (χ1v) is 8.85. The summed E-state index contributed by atoms with van der Waals surface area (Å²) in [5, 5.41) is 3.36. The van der Waals surface area contributed by atoms with Gasteiger partial charge in [0.1, 0.15) is 5.75 Å². The maximum Gasteiger partial charge on any atom is 0.265 e. The SMILES string of the molecule is CCNC(=NCCCN1C(=O)COc2ccccc21)N1CCCC1.I. The number of hydrogen-bond donors (Lipinski definition) is 1. The molecule has 25 heavy (non-hydrogen) atoms. The molecule has 0 aliphatic carbocycles. The summed E-state index contributed by atoms with van der Waals surface area (Å²) in [6.07, 6.45) is 3.32. The molecule has 6 nitrogen and oxygen atoms in total. The Hall–Kier alpha value is -1.51. The molecular weight excluding hydrogens is 431 g/mol. The van der Waals surface area contributed by atoms with Gasteiger partial charge in [-0.15, -0.1) is 24.0 Å². The lowest BCUT2D eigenvalue weighted by molar-refractivity contribution is -0.121. The molecule has 2 aliphatic heterocycles. The van der Waals surface area contributed by atoms with Gasteiger partial charge in [0.25, 0.3) is 5.91 Å². The Labute approximate surface area is 166 Å². The van der Waals surface area contributed by atoms with Crippen molar-refractivity contribution in [3.8, 4) is 5.75 Å². The van der Waals surface area contributed by atoms with Crippen molar-refractivity contribution in [1.29, 1.82) is 0 Å². The van der Waals surface area contributed by atoms with Gasteiger partial charge in [-0.2, -0.15) is 0 Å². The highest BCUT2D eigenvalue weighted by molar-refractivity contribution is 14.0. The minimum absolute atomic E-state index is 0. The number of carbonyl (C=O) groups excluding carboxylic acids is 1. The molecule has 0 bridgehead atoms. The van der Waals surface area contributed by atoms with Crippen LogP contribution >= 0.6 is 24.0 Å². The van der Waals surface area contributed by atoms with Crippen LogP contribution in [-0.2, 0) is 4.79 Å².